The second kappa shape index (κ2) is 4.81. The van der Waals surface area contributed by atoms with Crippen molar-refractivity contribution in [1.29, 1.82) is 0 Å². The molecule has 0 aliphatic rings. The third kappa shape index (κ3) is 2.35. The summed E-state index contributed by atoms with van der Waals surface area (Å²) in [6, 6.07) is 1.84. The maximum atomic E-state index is 11.1. The fourth-order valence-electron chi connectivity index (χ4n) is 1.42. The standard InChI is InChI=1S/C10H15NO3/c1-7-9(3-4-14-7)8(6-11)5-10(12)13-2/h3-4,8H,5-6,11H2,1-2H3. The first-order valence-electron chi connectivity index (χ1n) is 4.50. The highest BCUT2D eigenvalue weighted by atomic mass is 16.5. The lowest BCUT2D eigenvalue weighted by Gasteiger charge is -2.11. The predicted molar refractivity (Wildman–Crippen MR) is 51.9 cm³/mol. The van der Waals surface area contributed by atoms with E-state index in [0.29, 0.717) is 13.0 Å². The van der Waals surface area contributed by atoms with E-state index in [1.807, 2.05) is 13.0 Å². The molecule has 1 unspecified atom stereocenters. The van der Waals surface area contributed by atoms with Crippen molar-refractivity contribution in [3.05, 3.63) is 23.7 Å². The summed E-state index contributed by atoms with van der Waals surface area (Å²) in [6.45, 7) is 2.27. The fraction of sp³-hybridized carbons (Fsp3) is 0.500. The minimum absolute atomic E-state index is 0.0128. The van der Waals surface area contributed by atoms with Crippen molar-refractivity contribution in [2.75, 3.05) is 13.7 Å². The van der Waals surface area contributed by atoms with Crippen molar-refractivity contribution in [1.82, 2.24) is 0 Å². The molecule has 0 saturated heterocycles. The highest BCUT2D eigenvalue weighted by molar-refractivity contribution is 5.70. The van der Waals surface area contributed by atoms with Gasteiger partial charge in [-0.3, -0.25) is 4.79 Å². The number of hydrogen-bond acceptors (Lipinski definition) is 4. The fourth-order valence-corrected chi connectivity index (χ4v) is 1.42. The van der Waals surface area contributed by atoms with E-state index in [0.717, 1.165) is 11.3 Å². The third-order valence-electron chi connectivity index (χ3n) is 2.26. The molecule has 1 aromatic rings. The van der Waals surface area contributed by atoms with Crippen molar-refractivity contribution in [3.8, 4) is 0 Å². The minimum atomic E-state index is -0.249. The van der Waals surface area contributed by atoms with E-state index in [1.165, 1.54) is 7.11 Å². The molecule has 2 N–H and O–H groups in total. The highest BCUT2D eigenvalue weighted by Crippen LogP contribution is 2.23. The summed E-state index contributed by atoms with van der Waals surface area (Å²) in [6.07, 6.45) is 1.90. The molecule has 0 bridgehead atoms. The van der Waals surface area contributed by atoms with E-state index in [1.54, 1.807) is 6.26 Å². The normalized spacial score (nSPS) is 12.5. The van der Waals surface area contributed by atoms with E-state index in [9.17, 15) is 4.79 Å². The van der Waals surface area contributed by atoms with Crippen molar-refractivity contribution >= 4 is 5.97 Å². The van der Waals surface area contributed by atoms with Crippen LogP contribution in [0.15, 0.2) is 16.7 Å². The number of aryl methyl sites for hydroxylation is 1. The van der Waals surface area contributed by atoms with E-state index >= 15 is 0 Å². The zero-order valence-electron chi connectivity index (χ0n) is 8.45. The van der Waals surface area contributed by atoms with Crippen LogP contribution in [0.3, 0.4) is 0 Å². The van der Waals surface area contributed by atoms with Gasteiger partial charge in [0.2, 0.25) is 0 Å². The van der Waals surface area contributed by atoms with Gasteiger partial charge in [0.05, 0.1) is 19.8 Å². The van der Waals surface area contributed by atoms with Crippen LogP contribution in [-0.4, -0.2) is 19.6 Å². The number of nitrogens with two attached hydrogens (primary N) is 1. The summed E-state index contributed by atoms with van der Waals surface area (Å²) in [5, 5.41) is 0. The molecule has 0 aliphatic carbocycles. The lowest BCUT2D eigenvalue weighted by atomic mass is 9.96. The van der Waals surface area contributed by atoms with Crippen LogP contribution in [0.25, 0.3) is 0 Å². The van der Waals surface area contributed by atoms with Crippen molar-refractivity contribution in [3.63, 3.8) is 0 Å². The second-order valence-electron chi connectivity index (χ2n) is 3.15. The maximum Gasteiger partial charge on any atom is 0.306 e. The molecule has 0 aromatic carbocycles. The second-order valence-corrected chi connectivity index (χ2v) is 3.15. The molecule has 4 heteroatoms. The van der Waals surface area contributed by atoms with Crippen LogP contribution >= 0.6 is 0 Å². The number of ether oxygens (including phenoxy) is 1. The zero-order chi connectivity index (χ0) is 10.6. The molecular weight excluding hydrogens is 182 g/mol. The number of carbonyl (C=O) groups is 1. The van der Waals surface area contributed by atoms with Gasteiger partial charge in [0.1, 0.15) is 5.76 Å². The lowest BCUT2D eigenvalue weighted by molar-refractivity contribution is -0.141. The van der Waals surface area contributed by atoms with E-state index < -0.39 is 0 Å². The molecule has 0 radical (unpaired) electrons. The Bertz CT molecular complexity index is 306. The van der Waals surface area contributed by atoms with Crippen LogP contribution in [0.2, 0.25) is 0 Å². The summed E-state index contributed by atoms with van der Waals surface area (Å²) >= 11 is 0. The number of rotatable bonds is 4. The van der Waals surface area contributed by atoms with Gasteiger partial charge in [-0.1, -0.05) is 0 Å². The van der Waals surface area contributed by atoms with Gasteiger partial charge in [0.15, 0.2) is 0 Å². The van der Waals surface area contributed by atoms with Gasteiger partial charge in [-0.15, -0.1) is 0 Å². The summed E-state index contributed by atoms with van der Waals surface area (Å²) in [5.74, 6) is 0.548. The van der Waals surface area contributed by atoms with Gasteiger partial charge >= 0.3 is 5.97 Å². The Balaban J connectivity index is 2.72. The first-order valence-corrected chi connectivity index (χ1v) is 4.50. The Hall–Kier alpha value is -1.29. The molecule has 0 fully saturated rings. The summed E-state index contributed by atoms with van der Waals surface area (Å²) in [7, 11) is 1.37. The monoisotopic (exact) mass is 197 g/mol. The molecule has 0 amide bonds. The molecule has 0 saturated carbocycles. The van der Waals surface area contributed by atoms with Crippen LogP contribution in [0, 0.1) is 6.92 Å². The Morgan fingerprint density at radius 3 is 2.86 bits per heavy atom. The Kier molecular flexibility index (Phi) is 3.71. The van der Waals surface area contributed by atoms with Gasteiger partial charge in [-0.25, -0.2) is 0 Å². The molecule has 14 heavy (non-hydrogen) atoms. The number of esters is 1. The zero-order valence-corrected chi connectivity index (χ0v) is 8.45. The molecular formula is C10H15NO3. The Morgan fingerprint density at radius 1 is 1.71 bits per heavy atom. The van der Waals surface area contributed by atoms with Crippen molar-refractivity contribution < 1.29 is 13.9 Å². The van der Waals surface area contributed by atoms with Gasteiger partial charge in [0.25, 0.3) is 0 Å². The quantitative estimate of drug-likeness (QED) is 0.736. The lowest BCUT2D eigenvalue weighted by Crippen LogP contribution is -2.17. The van der Waals surface area contributed by atoms with Gasteiger partial charge in [-0.2, -0.15) is 0 Å². The summed E-state index contributed by atoms with van der Waals surface area (Å²) in [4.78, 5) is 11.1. The van der Waals surface area contributed by atoms with E-state index in [4.69, 9.17) is 10.2 Å². The smallest absolute Gasteiger partial charge is 0.306 e. The van der Waals surface area contributed by atoms with Crippen molar-refractivity contribution in [2.24, 2.45) is 5.73 Å². The summed E-state index contributed by atoms with van der Waals surface area (Å²) < 4.78 is 9.75. The first kappa shape index (κ1) is 10.8. The average Bonchev–Trinajstić information content (AvgIpc) is 2.60. The molecule has 1 heterocycles. The maximum absolute atomic E-state index is 11.1. The first-order chi connectivity index (χ1) is 6.69. The van der Waals surface area contributed by atoms with Crippen molar-refractivity contribution in [2.45, 2.75) is 19.3 Å². The SMILES string of the molecule is COC(=O)CC(CN)c1ccoc1C. The van der Waals surface area contributed by atoms with Crippen LogP contribution in [-0.2, 0) is 9.53 Å². The largest absolute Gasteiger partial charge is 0.469 e. The summed E-state index contributed by atoms with van der Waals surface area (Å²) in [5.41, 5.74) is 6.57. The predicted octanol–water partition coefficient (Wildman–Crippen LogP) is 1.19. The average molecular weight is 197 g/mol. The number of hydrogen-bond donors (Lipinski definition) is 1. The van der Waals surface area contributed by atoms with E-state index in [2.05, 4.69) is 4.74 Å². The molecule has 1 rings (SSSR count). The Morgan fingerprint density at radius 2 is 2.43 bits per heavy atom. The number of carbonyl (C=O) groups excluding carboxylic acids is 1. The molecule has 78 valence electrons. The minimum Gasteiger partial charge on any atom is -0.469 e. The third-order valence-corrected chi connectivity index (χ3v) is 2.26. The van der Waals surface area contributed by atoms with Gasteiger partial charge in [0, 0.05) is 5.92 Å². The van der Waals surface area contributed by atoms with Crippen LogP contribution in [0.5, 0.6) is 0 Å². The van der Waals surface area contributed by atoms with Gasteiger partial charge < -0.3 is 14.9 Å². The molecule has 1 aromatic heterocycles. The van der Waals surface area contributed by atoms with E-state index in [-0.39, 0.29) is 11.9 Å². The van der Waals surface area contributed by atoms with Gasteiger partial charge in [-0.05, 0) is 25.1 Å². The number of methoxy groups -OCH3 is 1. The topological polar surface area (TPSA) is 65.5 Å². The van der Waals surface area contributed by atoms with Crippen LogP contribution in [0.4, 0.5) is 0 Å². The van der Waals surface area contributed by atoms with Crippen LogP contribution < -0.4 is 5.73 Å². The Labute approximate surface area is 83.0 Å². The molecule has 0 spiro atoms. The molecule has 1 atom stereocenters. The molecule has 0 aliphatic heterocycles. The number of furan rings is 1. The molecule has 4 nitrogen and oxygen atoms in total. The van der Waals surface area contributed by atoms with Crippen LogP contribution in [0.1, 0.15) is 23.7 Å². The highest BCUT2D eigenvalue weighted by Gasteiger charge is 2.18.